The van der Waals surface area contributed by atoms with Crippen LogP contribution >= 0.6 is 22.7 Å². The van der Waals surface area contributed by atoms with E-state index in [0.29, 0.717) is 6.42 Å². The van der Waals surface area contributed by atoms with E-state index in [9.17, 15) is 4.79 Å². The molecule has 0 saturated heterocycles. The van der Waals surface area contributed by atoms with Gasteiger partial charge in [0.2, 0.25) is 5.91 Å². The predicted octanol–water partition coefficient (Wildman–Crippen LogP) is 6.70. The van der Waals surface area contributed by atoms with Gasteiger partial charge in [0.15, 0.2) is 0 Å². The van der Waals surface area contributed by atoms with Gasteiger partial charge < -0.3 is 5.32 Å². The van der Waals surface area contributed by atoms with Crippen molar-refractivity contribution in [3.63, 3.8) is 0 Å². The van der Waals surface area contributed by atoms with Gasteiger partial charge in [-0.15, -0.1) is 22.7 Å². The first-order valence-electron chi connectivity index (χ1n) is 10.4. The quantitative estimate of drug-likeness (QED) is 0.390. The summed E-state index contributed by atoms with van der Waals surface area (Å²) >= 11 is 3.47. The number of nitrogens with one attached hydrogen (secondary N) is 1. The minimum Gasteiger partial charge on any atom is -0.317 e. The molecule has 0 radical (unpaired) electrons. The average Bonchev–Trinajstić information content (AvgIpc) is 3.31. The monoisotopic (exact) mass is 432 g/mol. The summed E-state index contributed by atoms with van der Waals surface area (Å²) in [6.45, 7) is 4.14. The number of thiophene rings is 1. The first-order chi connectivity index (χ1) is 14.6. The maximum atomic E-state index is 13.0. The Hall–Kier alpha value is -2.50. The normalized spacial score (nSPS) is 13.4. The minimum absolute atomic E-state index is 0.0460. The number of fused-ring (bicyclic) bond motifs is 2. The molecular weight excluding hydrogens is 408 g/mol. The molecule has 30 heavy (non-hydrogen) atoms. The molecule has 4 aromatic rings. The number of hydrogen-bond donors (Lipinski definition) is 1. The van der Waals surface area contributed by atoms with E-state index < -0.39 is 0 Å². The number of aromatic nitrogens is 1. The Morgan fingerprint density at radius 3 is 2.77 bits per heavy atom. The van der Waals surface area contributed by atoms with Gasteiger partial charge >= 0.3 is 0 Å². The Kier molecular flexibility index (Phi) is 5.17. The van der Waals surface area contributed by atoms with Gasteiger partial charge in [0, 0.05) is 10.4 Å². The number of rotatable bonds is 4. The number of para-hydroxylation sites is 1. The smallest absolute Gasteiger partial charge is 0.229 e. The molecule has 1 aliphatic rings. The molecule has 0 unspecified atom stereocenters. The summed E-state index contributed by atoms with van der Waals surface area (Å²) in [6, 6.07) is 14.6. The number of carbonyl (C=O) groups is 1. The van der Waals surface area contributed by atoms with Gasteiger partial charge in [0.05, 0.1) is 16.6 Å². The van der Waals surface area contributed by atoms with Gasteiger partial charge in [-0.05, 0) is 68.4 Å². The molecule has 1 N–H and O–H groups in total. The second-order valence-corrected chi connectivity index (χ2v) is 10.2. The van der Waals surface area contributed by atoms with Crippen LogP contribution in [0.1, 0.15) is 40.0 Å². The number of anilines is 1. The van der Waals surface area contributed by atoms with Gasteiger partial charge in [0.1, 0.15) is 10.0 Å². The number of nitrogens with zero attached hydrogens (tertiary/aromatic N) is 1. The Morgan fingerprint density at radius 2 is 1.90 bits per heavy atom. The minimum atomic E-state index is 0.0460. The number of benzene rings is 2. The van der Waals surface area contributed by atoms with Crippen LogP contribution in [0.15, 0.2) is 42.5 Å². The molecule has 0 aliphatic heterocycles. The summed E-state index contributed by atoms with van der Waals surface area (Å²) in [5, 5.41) is 5.25. The number of amides is 1. The van der Waals surface area contributed by atoms with Crippen molar-refractivity contribution >= 4 is 43.8 Å². The summed E-state index contributed by atoms with van der Waals surface area (Å²) in [5.74, 6) is 0.0460. The molecule has 1 amide bonds. The standard InChI is InChI=1S/C25H24N2OS2/c1-15-11-12-16(2)17(13-15)14-22(28)27-25-23(18-7-3-5-9-20(18)29-25)24-26-19-8-4-6-10-21(19)30-24/h4,6,8,10-13H,3,5,7,9,14H2,1-2H3,(H,27,28). The molecule has 0 saturated carbocycles. The van der Waals surface area contributed by atoms with Gasteiger partial charge in [-0.3, -0.25) is 4.79 Å². The molecule has 5 heteroatoms. The predicted molar refractivity (Wildman–Crippen MR) is 128 cm³/mol. The second-order valence-electron chi connectivity index (χ2n) is 8.06. The highest BCUT2D eigenvalue weighted by molar-refractivity contribution is 7.22. The fourth-order valence-corrected chi connectivity index (χ4v) is 6.61. The molecule has 2 aromatic carbocycles. The van der Waals surface area contributed by atoms with Crippen LogP contribution in [0.3, 0.4) is 0 Å². The van der Waals surface area contributed by atoms with Crippen molar-refractivity contribution in [2.75, 3.05) is 5.32 Å². The molecule has 2 heterocycles. The van der Waals surface area contributed by atoms with Gasteiger partial charge in [-0.2, -0.15) is 0 Å². The molecule has 3 nitrogen and oxygen atoms in total. The van der Waals surface area contributed by atoms with Crippen LogP contribution < -0.4 is 5.32 Å². The third-order valence-electron chi connectivity index (χ3n) is 5.79. The van der Waals surface area contributed by atoms with Crippen LogP contribution in [0.4, 0.5) is 5.00 Å². The van der Waals surface area contributed by atoms with E-state index in [1.54, 1.807) is 22.7 Å². The lowest BCUT2D eigenvalue weighted by Gasteiger charge is -2.12. The highest BCUT2D eigenvalue weighted by atomic mass is 32.1. The molecule has 1 aliphatic carbocycles. The van der Waals surface area contributed by atoms with Gasteiger partial charge in [-0.25, -0.2) is 4.98 Å². The van der Waals surface area contributed by atoms with E-state index in [1.807, 2.05) is 6.07 Å². The molecule has 0 spiro atoms. The van der Waals surface area contributed by atoms with Crippen molar-refractivity contribution in [1.29, 1.82) is 0 Å². The Labute approximate surface area is 184 Å². The summed E-state index contributed by atoms with van der Waals surface area (Å²) in [4.78, 5) is 19.3. The first-order valence-corrected chi connectivity index (χ1v) is 12.1. The summed E-state index contributed by atoms with van der Waals surface area (Å²) in [6.07, 6.45) is 5.00. The van der Waals surface area contributed by atoms with E-state index in [1.165, 1.54) is 33.5 Å². The molecule has 0 fully saturated rings. The lowest BCUT2D eigenvalue weighted by Crippen LogP contribution is -2.15. The van der Waals surface area contributed by atoms with Crippen LogP contribution in [-0.2, 0) is 24.1 Å². The maximum absolute atomic E-state index is 13.0. The maximum Gasteiger partial charge on any atom is 0.229 e. The zero-order valence-electron chi connectivity index (χ0n) is 17.2. The molecule has 0 atom stereocenters. The average molecular weight is 433 g/mol. The van der Waals surface area contributed by atoms with Crippen LogP contribution in [0.25, 0.3) is 20.8 Å². The van der Waals surface area contributed by atoms with E-state index in [0.717, 1.165) is 45.1 Å². The molecule has 2 aromatic heterocycles. The SMILES string of the molecule is Cc1ccc(C)c(CC(=O)Nc2sc3c(c2-c2nc4ccccc4s2)CCCC3)c1. The highest BCUT2D eigenvalue weighted by Crippen LogP contribution is 2.46. The Balaban J connectivity index is 1.51. The summed E-state index contributed by atoms with van der Waals surface area (Å²) in [7, 11) is 0. The first kappa shape index (κ1) is 19.5. The van der Waals surface area contributed by atoms with E-state index in [2.05, 4.69) is 55.6 Å². The number of thiazole rings is 1. The van der Waals surface area contributed by atoms with Gasteiger partial charge in [-0.1, -0.05) is 35.9 Å². The lowest BCUT2D eigenvalue weighted by molar-refractivity contribution is -0.115. The summed E-state index contributed by atoms with van der Waals surface area (Å²) in [5.41, 5.74) is 7.02. The Morgan fingerprint density at radius 1 is 1.07 bits per heavy atom. The third-order valence-corrected chi connectivity index (χ3v) is 8.05. The Bertz CT molecular complexity index is 1220. The zero-order chi connectivity index (χ0) is 20.7. The molecule has 152 valence electrons. The van der Waals surface area contributed by atoms with E-state index >= 15 is 0 Å². The van der Waals surface area contributed by atoms with Crippen LogP contribution in [-0.4, -0.2) is 10.9 Å². The number of hydrogen-bond acceptors (Lipinski definition) is 4. The van der Waals surface area contributed by atoms with Crippen molar-refractivity contribution < 1.29 is 4.79 Å². The molecular formula is C25H24N2OS2. The fourth-order valence-electron chi connectivity index (χ4n) is 4.19. The fraction of sp³-hybridized carbons (Fsp3) is 0.280. The largest absolute Gasteiger partial charge is 0.317 e. The van der Waals surface area contributed by atoms with Crippen molar-refractivity contribution in [2.24, 2.45) is 0 Å². The van der Waals surface area contributed by atoms with E-state index in [4.69, 9.17) is 4.98 Å². The molecule has 0 bridgehead atoms. The van der Waals surface area contributed by atoms with Crippen molar-refractivity contribution in [3.8, 4) is 10.6 Å². The van der Waals surface area contributed by atoms with Crippen molar-refractivity contribution in [2.45, 2.75) is 46.0 Å². The van der Waals surface area contributed by atoms with Gasteiger partial charge in [0.25, 0.3) is 0 Å². The zero-order valence-corrected chi connectivity index (χ0v) is 18.9. The van der Waals surface area contributed by atoms with Crippen molar-refractivity contribution in [3.05, 3.63) is 69.6 Å². The van der Waals surface area contributed by atoms with Crippen LogP contribution in [0, 0.1) is 13.8 Å². The third kappa shape index (κ3) is 3.68. The topological polar surface area (TPSA) is 42.0 Å². The second kappa shape index (κ2) is 7.97. The lowest BCUT2D eigenvalue weighted by atomic mass is 9.95. The van der Waals surface area contributed by atoms with Crippen molar-refractivity contribution in [1.82, 2.24) is 4.98 Å². The number of aryl methyl sites for hydroxylation is 3. The van der Waals surface area contributed by atoms with Crippen LogP contribution in [0.5, 0.6) is 0 Å². The van der Waals surface area contributed by atoms with E-state index in [-0.39, 0.29) is 5.91 Å². The van der Waals surface area contributed by atoms with Crippen LogP contribution in [0.2, 0.25) is 0 Å². The number of carbonyl (C=O) groups excluding carboxylic acids is 1. The summed E-state index contributed by atoms with van der Waals surface area (Å²) < 4.78 is 1.19. The highest BCUT2D eigenvalue weighted by Gasteiger charge is 2.25. The molecule has 5 rings (SSSR count).